The van der Waals surface area contributed by atoms with Crippen LogP contribution in [0.1, 0.15) is 66.9 Å². The Hall–Kier alpha value is -0.198. The number of benzene rings is 1. The molecule has 2 nitrogen and oxygen atoms in total. The van der Waals surface area contributed by atoms with Crippen molar-refractivity contribution in [2.24, 2.45) is 5.92 Å². The quantitative estimate of drug-likeness (QED) is 0.745. The van der Waals surface area contributed by atoms with Crippen molar-refractivity contribution in [1.82, 2.24) is 0 Å². The summed E-state index contributed by atoms with van der Waals surface area (Å²) < 4.78 is 13.2. The summed E-state index contributed by atoms with van der Waals surface area (Å²) in [5, 5.41) is 0. The van der Waals surface area contributed by atoms with Crippen LogP contribution in [-0.2, 0) is 15.7 Å². The van der Waals surface area contributed by atoms with Crippen molar-refractivity contribution in [3.05, 3.63) is 29.8 Å². The molecule has 0 saturated carbocycles. The molecule has 1 aromatic carbocycles. The standard InChI is InChI=1S/C20H34BO2.Li/c1-8-9-14-21(22-19(4,5)20(6,7)23-21)18-12-10-17(11-13-18)15-16(2)3;/h10-13,16H,8-9,14-15H2,1-7H3;/q-1;+1. The minimum absolute atomic E-state index is 0. The molecule has 0 bridgehead atoms. The second-order valence-corrected chi connectivity index (χ2v) is 8.61. The van der Waals surface area contributed by atoms with Gasteiger partial charge >= 0.3 is 18.9 Å². The second-order valence-electron chi connectivity index (χ2n) is 8.61. The zero-order valence-electron chi connectivity index (χ0n) is 17.1. The van der Waals surface area contributed by atoms with Gasteiger partial charge in [-0.3, -0.25) is 0 Å². The predicted octanol–water partition coefficient (Wildman–Crippen LogP) is 1.94. The molecule has 0 N–H and O–H groups in total. The fourth-order valence-corrected chi connectivity index (χ4v) is 3.57. The Morgan fingerprint density at radius 3 is 1.88 bits per heavy atom. The first-order chi connectivity index (χ1) is 10.6. The molecule has 1 fully saturated rings. The third-order valence-corrected chi connectivity index (χ3v) is 5.49. The third kappa shape index (κ3) is 4.50. The zero-order valence-corrected chi connectivity index (χ0v) is 17.1. The van der Waals surface area contributed by atoms with E-state index in [1.54, 1.807) is 0 Å². The maximum absolute atomic E-state index is 6.60. The van der Waals surface area contributed by atoms with Crippen molar-refractivity contribution in [3.63, 3.8) is 0 Å². The molecule has 0 unspecified atom stereocenters. The monoisotopic (exact) mass is 324 g/mol. The van der Waals surface area contributed by atoms with Gasteiger partial charge in [0.15, 0.2) is 0 Å². The summed E-state index contributed by atoms with van der Waals surface area (Å²) in [5.41, 5.74) is 2.04. The van der Waals surface area contributed by atoms with Crippen molar-refractivity contribution in [3.8, 4) is 0 Å². The molecule has 1 aliphatic rings. The number of rotatable bonds is 6. The Kier molecular flexibility index (Phi) is 7.28. The van der Waals surface area contributed by atoms with Crippen LogP contribution < -0.4 is 24.3 Å². The van der Waals surface area contributed by atoms with Gasteiger partial charge in [0.25, 0.3) is 6.55 Å². The van der Waals surface area contributed by atoms with Crippen molar-refractivity contribution in [2.45, 2.75) is 85.3 Å². The Bertz CT molecular complexity index is 507. The van der Waals surface area contributed by atoms with Crippen LogP contribution in [0.3, 0.4) is 0 Å². The van der Waals surface area contributed by atoms with Crippen molar-refractivity contribution in [1.29, 1.82) is 0 Å². The fourth-order valence-electron chi connectivity index (χ4n) is 3.57. The average Bonchev–Trinajstić information content (AvgIpc) is 2.62. The first kappa shape index (κ1) is 21.8. The molecule has 1 aliphatic heterocycles. The second kappa shape index (κ2) is 8.00. The molecule has 0 spiro atoms. The largest absolute Gasteiger partial charge is 1.00 e. The molecular weight excluding hydrogens is 290 g/mol. The molecule has 1 aromatic rings. The average molecular weight is 324 g/mol. The van der Waals surface area contributed by atoms with E-state index in [1.165, 1.54) is 11.0 Å². The van der Waals surface area contributed by atoms with E-state index >= 15 is 0 Å². The molecule has 0 atom stereocenters. The Balaban J connectivity index is 0.00000288. The predicted molar refractivity (Wildman–Crippen MR) is 100 cm³/mol. The van der Waals surface area contributed by atoms with Gasteiger partial charge in [-0.05, 0) is 45.6 Å². The fraction of sp³-hybridized carbons (Fsp3) is 0.700. The molecule has 4 heteroatoms. The summed E-state index contributed by atoms with van der Waals surface area (Å²) in [5.74, 6) is 0.678. The number of hydrogen-bond donors (Lipinski definition) is 0. The molecule has 0 aromatic heterocycles. The van der Waals surface area contributed by atoms with E-state index in [0.717, 1.165) is 25.6 Å². The summed E-state index contributed by atoms with van der Waals surface area (Å²) >= 11 is 0. The summed E-state index contributed by atoms with van der Waals surface area (Å²) in [6, 6.07) is 8.95. The minimum Gasteiger partial charge on any atom is -0.558 e. The molecule has 1 heterocycles. The first-order valence-electron chi connectivity index (χ1n) is 9.27. The van der Waals surface area contributed by atoms with E-state index in [9.17, 15) is 0 Å². The smallest absolute Gasteiger partial charge is 0.558 e. The summed E-state index contributed by atoms with van der Waals surface area (Å²) in [6.07, 6.45) is 4.36. The Morgan fingerprint density at radius 1 is 0.958 bits per heavy atom. The van der Waals surface area contributed by atoms with E-state index in [1.807, 2.05) is 0 Å². The van der Waals surface area contributed by atoms with Crippen LogP contribution in [0.25, 0.3) is 0 Å². The molecule has 0 radical (unpaired) electrons. The van der Waals surface area contributed by atoms with Gasteiger partial charge in [0.1, 0.15) is 0 Å². The van der Waals surface area contributed by atoms with E-state index < -0.39 is 6.55 Å². The van der Waals surface area contributed by atoms with Crippen molar-refractivity contribution in [2.75, 3.05) is 0 Å². The summed E-state index contributed by atoms with van der Waals surface area (Å²) in [4.78, 5) is 0. The van der Waals surface area contributed by atoms with Gasteiger partial charge in [-0.25, -0.2) is 0 Å². The van der Waals surface area contributed by atoms with Crippen molar-refractivity contribution >= 4 is 12.0 Å². The molecule has 0 amide bonds. The number of unbranched alkanes of at least 4 members (excludes halogenated alkanes) is 1. The van der Waals surface area contributed by atoms with Gasteiger partial charge in [-0.2, -0.15) is 5.46 Å². The maximum Gasteiger partial charge on any atom is 1.00 e. The topological polar surface area (TPSA) is 18.5 Å². The molecule has 2 rings (SSSR count). The number of hydrogen-bond acceptors (Lipinski definition) is 2. The van der Waals surface area contributed by atoms with E-state index in [2.05, 4.69) is 72.7 Å². The molecule has 1 saturated heterocycles. The van der Waals surface area contributed by atoms with Crippen LogP contribution >= 0.6 is 0 Å². The summed E-state index contributed by atoms with van der Waals surface area (Å²) in [7, 11) is 0. The molecular formula is C20H34BLiO2. The molecule has 0 aliphatic carbocycles. The van der Waals surface area contributed by atoms with Crippen LogP contribution in [0.4, 0.5) is 0 Å². The first-order valence-corrected chi connectivity index (χ1v) is 9.27. The zero-order chi connectivity index (χ0) is 17.3. The van der Waals surface area contributed by atoms with Crippen LogP contribution in [0.2, 0.25) is 6.32 Å². The van der Waals surface area contributed by atoms with Gasteiger partial charge < -0.3 is 9.31 Å². The molecule has 24 heavy (non-hydrogen) atoms. The van der Waals surface area contributed by atoms with Crippen LogP contribution in [-0.4, -0.2) is 17.8 Å². The van der Waals surface area contributed by atoms with E-state index in [4.69, 9.17) is 9.31 Å². The third-order valence-electron chi connectivity index (χ3n) is 5.49. The Morgan fingerprint density at radius 2 is 1.46 bits per heavy atom. The Labute approximate surface area is 161 Å². The molecule has 130 valence electrons. The SMILES string of the molecule is CCCC[B-]1(c2ccc(CC(C)C)cc2)OC(C)(C)C(C)(C)O1.[Li+]. The minimum atomic E-state index is -1.40. The van der Waals surface area contributed by atoms with Gasteiger partial charge in [0, 0.05) is 11.2 Å². The van der Waals surface area contributed by atoms with Crippen LogP contribution in [0.5, 0.6) is 0 Å². The van der Waals surface area contributed by atoms with Gasteiger partial charge in [-0.15, -0.1) is 6.32 Å². The normalized spacial score (nSPS) is 20.8. The maximum atomic E-state index is 6.60. The van der Waals surface area contributed by atoms with E-state index in [-0.39, 0.29) is 30.1 Å². The van der Waals surface area contributed by atoms with Gasteiger partial charge in [-0.1, -0.05) is 57.9 Å². The van der Waals surface area contributed by atoms with Crippen LogP contribution in [0.15, 0.2) is 24.3 Å². The van der Waals surface area contributed by atoms with Gasteiger partial charge in [0.05, 0.1) is 0 Å². The van der Waals surface area contributed by atoms with Crippen LogP contribution in [0, 0.1) is 5.92 Å². The van der Waals surface area contributed by atoms with Crippen molar-refractivity contribution < 1.29 is 28.2 Å². The summed E-state index contributed by atoms with van der Waals surface area (Å²) in [6.45, 7) is 13.9. The van der Waals surface area contributed by atoms with E-state index in [0.29, 0.717) is 5.92 Å². The van der Waals surface area contributed by atoms with Gasteiger partial charge in [0.2, 0.25) is 0 Å².